The van der Waals surface area contributed by atoms with Crippen LogP contribution in [0.25, 0.3) is 0 Å². The highest BCUT2D eigenvalue weighted by Crippen LogP contribution is 2.30. The lowest BCUT2D eigenvalue weighted by atomic mass is 10.2. The van der Waals surface area contributed by atoms with Crippen LogP contribution in [-0.2, 0) is 19.1 Å². The number of hydrogen-bond acceptors (Lipinski definition) is 5. The zero-order chi connectivity index (χ0) is 22.0. The standard InChI is InChI=1S/C20H28F3N5OS/c1-24-19(25-10-9-18-27-17(14-30-18)20(21,22)23)26-13-15-5-7-16(8-6-15)29-12-4-11-28(2)3/h5-8,14H,4,9-13H2,1-3H3,(H2,24,25,26). The average Bonchev–Trinajstić information content (AvgIpc) is 3.18. The van der Waals surface area contributed by atoms with Crippen molar-refractivity contribution in [3.8, 4) is 5.75 Å². The first kappa shape index (κ1) is 23.9. The number of halogens is 3. The van der Waals surface area contributed by atoms with Crippen molar-refractivity contribution in [2.75, 3.05) is 40.8 Å². The molecule has 10 heteroatoms. The summed E-state index contributed by atoms with van der Waals surface area (Å²) in [4.78, 5) is 9.87. The lowest BCUT2D eigenvalue weighted by molar-refractivity contribution is -0.140. The van der Waals surface area contributed by atoms with E-state index in [9.17, 15) is 13.2 Å². The average molecular weight is 444 g/mol. The third-order valence-corrected chi connectivity index (χ3v) is 5.01. The Bertz CT molecular complexity index is 790. The molecule has 0 amide bonds. The van der Waals surface area contributed by atoms with E-state index in [4.69, 9.17) is 4.74 Å². The number of nitrogens with zero attached hydrogens (tertiary/aromatic N) is 3. The van der Waals surface area contributed by atoms with E-state index < -0.39 is 11.9 Å². The summed E-state index contributed by atoms with van der Waals surface area (Å²) in [6.45, 7) is 2.66. The van der Waals surface area contributed by atoms with E-state index in [0.717, 1.165) is 41.0 Å². The summed E-state index contributed by atoms with van der Waals surface area (Å²) in [5, 5.41) is 7.74. The molecule has 1 aromatic heterocycles. The topological polar surface area (TPSA) is 61.8 Å². The van der Waals surface area contributed by atoms with Crippen LogP contribution in [0, 0.1) is 0 Å². The van der Waals surface area contributed by atoms with Gasteiger partial charge >= 0.3 is 6.18 Å². The van der Waals surface area contributed by atoms with Crippen molar-refractivity contribution in [1.29, 1.82) is 0 Å². The van der Waals surface area contributed by atoms with Crippen molar-refractivity contribution in [3.05, 3.63) is 45.9 Å². The number of benzene rings is 1. The number of alkyl halides is 3. The number of rotatable bonds is 10. The van der Waals surface area contributed by atoms with Gasteiger partial charge in [0.1, 0.15) is 5.75 Å². The monoisotopic (exact) mass is 443 g/mol. The Labute approximate surface area is 179 Å². The van der Waals surface area contributed by atoms with Gasteiger partial charge in [0, 0.05) is 38.5 Å². The highest BCUT2D eigenvalue weighted by Gasteiger charge is 2.33. The molecule has 0 saturated carbocycles. The smallest absolute Gasteiger partial charge is 0.434 e. The molecule has 0 aliphatic rings. The van der Waals surface area contributed by atoms with Crippen LogP contribution in [0.2, 0.25) is 0 Å². The lowest BCUT2D eigenvalue weighted by Gasteiger charge is -2.12. The number of ether oxygens (including phenoxy) is 1. The Morgan fingerprint density at radius 2 is 1.93 bits per heavy atom. The molecule has 0 unspecified atom stereocenters. The summed E-state index contributed by atoms with van der Waals surface area (Å²) in [7, 11) is 5.71. The van der Waals surface area contributed by atoms with Gasteiger partial charge in [-0.05, 0) is 38.2 Å². The zero-order valence-electron chi connectivity index (χ0n) is 17.4. The van der Waals surface area contributed by atoms with Gasteiger partial charge in [0.05, 0.1) is 11.6 Å². The second-order valence-corrected chi connectivity index (χ2v) is 7.82. The lowest BCUT2D eigenvalue weighted by Crippen LogP contribution is -2.37. The largest absolute Gasteiger partial charge is 0.494 e. The Morgan fingerprint density at radius 3 is 2.53 bits per heavy atom. The summed E-state index contributed by atoms with van der Waals surface area (Å²) in [6, 6.07) is 7.83. The van der Waals surface area contributed by atoms with E-state index in [2.05, 4.69) is 25.5 Å². The fraction of sp³-hybridized carbons (Fsp3) is 0.500. The molecule has 166 valence electrons. The van der Waals surface area contributed by atoms with E-state index in [0.29, 0.717) is 37.1 Å². The van der Waals surface area contributed by atoms with Gasteiger partial charge in [0.15, 0.2) is 11.7 Å². The van der Waals surface area contributed by atoms with Crippen LogP contribution in [0.15, 0.2) is 34.6 Å². The fourth-order valence-corrected chi connectivity index (χ4v) is 3.33. The highest BCUT2D eigenvalue weighted by molar-refractivity contribution is 7.09. The Hall–Kier alpha value is -2.33. The molecule has 2 N–H and O–H groups in total. The summed E-state index contributed by atoms with van der Waals surface area (Å²) in [5.74, 6) is 1.41. The molecule has 1 aromatic carbocycles. The predicted molar refractivity (Wildman–Crippen MR) is 114 cm³/mol. The third-order valence-electron chi connectivity index (χ3n) is 4.10. The molecule has 0 atom stereocenters. The Morgan fingerprint density at radius 1 is 1.20 bits per heavy atom. The number of thiazole rings is 1. The number of guanidine groups is 1. The van der Waals surface area contributed by atoms with Gasteiger partial charge in [0.2, 0.25) is 0 Å². The third kappa shape index (κ3) is 8.58. The molecule has 2 rings (SSSR count). The minimum atomic E-state index is -4.40. The zero-order valence-corrected chi connectivity index (χ0v) is 18.2. The summed E-state index contributed by atoms with van der Waals surface area (Å²) < 4.78 is 43.5. The maximum absolute atomic E-state index is 12.6. The molecule has 6 nitrogen and oxygen atoms in total. The van der Waals surface area contributed by atoms with Gasteiger partial charge in [-0.3, -0.25) is 4.99 Å². The molecule has 0 aliphatic heterocycles. The van der Waals surface area contributed by atoms with Crippen LogP contribution in [0.3, 0.4) is 0 Å². The molecule has 0 spiro atoms. The second kappa shape index (κ2) is 11.8. The molecule has 0 bridgehead atoms. The van der Waals surface area contributed by atoms with Crippen LogP contribution in [-0.4, -0.2) is 56.7 Å². The van der Waals surface area contributed by atoms with Crippen molar-refractivity contribution in [2.45, 2.75) is 25.6 Å². The number of hydrogen-bond donors (Lipinski definition) is 2. The van der Waals surface area contributed by atoms with E-state index in [-0.39, 0.29) is 0 Å². The summed E-state index contributed by atoms with van der Waals surface area (Å²) in [6.07, 6.45) is -3.04. The van der Waals surface area contributed by atoms with Crippen LogP contribution < -0.4 is 15.4 Å². The first-order valence-electron chi connectivity index (χ1n) is 9.60. The Kier molecular flexibility index (Phi) is 9.38. The van der Waals surface area contributed by atoms with Gasteiger partial charge in [-0.25, -0.2) is 4.98 Å². The summed E-state index contributed by atoms with van der Waals surface area (Å²) >= 11 is 1.01. The maximum atomic E-state index is 12.6. The van der Waals surface area contributed by atoms with Crippen molar-refractivity contribution in [1.82, 2.24) is 20.5 Å². The number of nitrogens with one attached hydrogen (secondary N) is 2. The second-order valence-electron chi connectivity index (χ2n) is 6.88. The summed E-state index contributed by atoms with van der Waals surface area (Å²) in [5.41, 5.74) is 0.225. The SMILES string of the molecule is CN=C(NCCc1nc(C(F)(F)F)cs1)NCc1ccc(OCCCN(C)C)cc1. The molecular weight excluding hydrogens is 415 g/mol. The van der Waals surface area contributed by atoms with Crippen molar-refractivity contribution < 1.29 is 17.9 Å². The van der Waals surface area contributed by atoms with Crippen LogP contribution in [0.4, 0.5) is 13.2 Å². The van der Waals surface area contributed by atoms with Crippen LogP contribution in [0.1, 0.15) is 22.7 Å². The van der Waals surface area contributed by atoms with Gasteiger partial charge in [0.25, 0.3) is 0 Å². The number of aromatic nitrogens is 1. The minimum Gasteiger partial charge on any atom is -0.494 e. The molecule has 2 aromatic rings. The van der Waals surface area contributed by atoms with Crippen LogP contribution >= 0.6 is 11.3 Å². The molecular formula is C20H28F3N5OS. The predicted octanol–water partition coefficient (Wildman–Crippen LogP) is 3.40. The van der Waals surface area contributed by atoms with E-state index in [1.807, 2.05) is 38.4 Å². The molecule has 1 heterocycles. The first-order valence-corrected chi connectivity index (χ1v) is 10.5. The molecule has 0 fully saturated rings. The molecule has 0 saturated heterocycles. The molecule has 0 aliphatic carbocycles. The Balaban J connectivity index is 1.70. The van der Waals surface area contributed by atoms with E-state index >= 15 is 0 Å². The maximum Gasteiger partial charge on any atom is 0.434 e. The minimum absolute atomic E-state index is 0.390. The van der Waals surface area contributed by atoms with Crippen molar-refractivity contribution in [2.24, 2.45) is 4.99 Å². The van der Waals surface area contributed by atoms with Gasteiger partial charge < -0.3 is 20.3 Å². The first-order chi connectivity index (χ1) is 14.3. The van der Waals surface area contributed by atoms with Gasteiger partial charge in [-0.15, -0.1) is 11.3 Å². The number of aliphatic imine (C=N–C) groups is 1. The van der Waals surface area contributed by atoms with Gasteiger partial charge in [-0.1, -0.05) is 12.1 Å². The fourth-order valence-electron chi connectivity index (χ4n) is 2.52. The molecule has 0 radical (unpaired) electrons. The normalized spacial score (nSPS) is 12.3. The van der Waals surface area contributed by atoms with Crippen molar-refractivity contribution >= 4 is 17.3 Å². The van der Waals surface area contributed by atoms with Crippen molar-refractivity contribution in [3.63, 3.8) is 0 Å². The van der Waals surface area contributed by atoms with Gasteiger partial charge in [-0.2, -0.15) is 13.2 Å². The van der Waals surface area contributed by atoms with E-state index in [1.165, 1.54) is 0 Å². The highest BCUT2D eigenvalue weighted by atomic mass is 32.1. The van der Waals surface area contributed by atoms with Crippen LogP contribution in [0.5, 0.6) is 5.75 Å². The molecule has 30 heavy (non-hydrogen) atoms. The quantitative estimate of drug-likeness (QED) is 0.335. The van der Waals surface area contributed by atoms with E-state index in [1.54, 1.807) is 7.05 Å².